The molecular weight excluding hydrogens is 340 g/mol. The average molecular weight is 353 g/mol. The van der Waals surface area contributed by atoms with Crippen molar-refractivity contribution in [3.05, 3.63) is 22.7 Å². The highest BCUT2D eigenvalue weighted by Gasteiger charge is 2.29. The molecule has 1 aromatic rings. The largest absolute Gasteiger partial charge is 0.398 e. The molecule has 0 atom stereocenters. The summed E-state index contributed by atoms with van der Waals surface area (Å²) in [4.78, 5) is 0.101. The van der Waals surface area contributed by atoms with Crippen LogP contribution in [-0.2, 0) is 20.8 Å². The Morgan fingerprint density at radius 2 is 1.89 bits per heavy atom. The number of benzene rings is 1. The number of nitrogens with two attached hydrogens (primary N) is 1. The van der Waals surface area contributed by atoms with E-state index in [0.29, 0.717) is 16.0 Å². The van der Waals surface area contributed by atoms with Gasteiger partial charge >= 0.3 is 0 Å². The van der Waals surface area contributed by atoms with Crippen molar-refractivity contribution in [2.24, 2.45) is 0 Å². The van der Waals surface area contributed by atoms with E-state index in [-0.39, 0.29) is 23.7 Å². The second-order valence-electron chi connectivity index (χ2n) is 3.93. The van der Waals surface area contributed by atoms with Crippen LogP contribution >= 0.6 is 15.9 Å². The Bertz CT molecular complexity index is 579. The summed E-state index contributed by atoms with van der Waals surface area (Å²) >= 11 is 3.24. The maximum atomic E-state index is 12.4. The van der Waals surface area contributed by atoms with Crippen molar-refractivity contribution in [1.29, 1.82) is 0 Å². The Balaban J connectivity index is 2.36. The van der Waals surface area contributed by atoms with Gasteiger partial charge in [-0.25, -0.2) is 8.42 Å². The molecule has 1 fully saturated rings. The van der Waals surface area contributed by atoms with Crippen molar-refractivity contribution in [2.45, 2.75) is 4.90 Å². The normalized spacial score (nSPS) is 18.9. The first kappa shape index (κ1) is 14.0. The molecule has 0 radical (unpaired) electrons. The van der Waals surface area contributed by atoms with Gasteiger partial charge in [0, 0.05) is 39.9 Å². The maximum absolute atomic E-state index is 12.4. The lowest BCUT2D eigenvalue weighted by Gasteiger charge is -2.26. The topological polar surface area (TPSA) is 80.5 Å². The van der Waals surface area contributed by atoms with E-state index in [2.05, 4.69) is 15.9 Å². The molecular formula is C10H13BrN2O3S2. The van der Waals surface area contributed by atoms with Crippen molar-refractivity contribution in [3.8, 4) is 0 Å². The minimum Gasteiger partial charge on any atom is -0.398 e. The van der Waals surface area contributed by atoms with Crippen LogP contribution in [0, 0.1) is 0 Å². The minimum atomic E-state index is -3.59. The van der Waals surface area contributed by atoms with Crippen molar-refractivity contribution >= 4 is 42.4 Å². The molecule has 0 saturated carbocycles. The number of anilines is 1. The number of nitrogen functional groups attached to an aromatic ring is 1. The van der Waals surface area contributed by atoms with Crippen LogP contribution in [-0.4, -0.2) is 41.5 Å². The third-order valence-corrected chi connectivity index (χ3v) is 6.45. The lowest BCUT2D eigenvalue weighted by molar-refractivity contribution is 0.439. The second kappa shape index (κ2) is 5.28. The number of rotatable bonds is 2. The van der Waals surface area contributed by atoms with Gasteiger partial charge in [-0.15, -0.1) is 0 Å². The van der Waals surface area contributed by atoms with Gasteiger partial charge < -0.3 is 5.73 Å². The first-order valence-electron chi connectivity index (χ1n) is 5.31. The van der Waals surface area contributed by atoms with Crippen LogP contribution < -0.4 is 5.73 Å². The zero-order chi connectivity index (χ0) is 13.3. The summed E-state index contributed by atoms with van der Waals surface area (Å²) < 4.78 is 38.0. The van der Waals surface area contributed by atoms with Crippen molar-refractivity contribution < 1.29 is 12.6 Å². The third-order valence-electron chi connectivity index (χ3n) is 2.73. The fraction of sp³-hybridized carbons (Fsp3) is 0.400. The molecule has 1 aliphatic heterocycles. The zero-order valence-electron chi connectivity index (χ0n) is 9.50. The standard InChI is InChI=1S/C10H13BrN2O3S2/c11-8-1-2-9(12)10(7-8)18(15,16)13-3-5-17(14)6-4-13/h1-2,7H,3-6,12H2. The molecule has 100 valence electrons. The van der Waals surface area contributed by atoms with Gasteiger partial charge in [0.15, 0.2) is 0 Å². The molecule has 0 aromatic heterocycles. The highest BCUT2D eigenvalue weighted by atomic mass is 79.9. The van der Waals surface area contributed by atoms with Crippen LogP contribution in [0.1, 0.15) is 0 Å². The van der Waals surface area contributed by atoms with Crippen molar-refractivity contribution in [3.63, 3.8) is 0 Å². The summed E-state index contributed by atoms with van der Waals surface area (Å²) in [5.41, 5.74) is 5.95. The molecule has 1 aliphatic rings. The molecule has 1 saturated heterocycles. The molecule has 0 spiro atoms. The van der Waals surface area contributed by atoms with Gasteiger partial charge in [0.25, 0.3) is 0 Å². The predicted octanol–water partition coefficient (Wildman–Crippen LogP) is 0.784. The summed E-state index contributed by atoms with van der Waals surface area (Å²) in [5, 5.41) is 0. The predicted molar refractivity (Wildman–Crippen MR) is 75.2 cm³/mol. The van der Waals surface area contributed by atoms with E-state index in [9.17, 15) is 12.6 Å². The van der Waals surface area contributed by atoms with E-state index in [0.717, 1.165) is 0 Å². The van der Waals surface area contributed by atoms with Crippen molar-refractivity contribution in [2.75, 3.05) is 30.3 Å². The second-order valence-corrected chi connectivity index (χ2v) is 8.45. The first-order chi connectivity index (χ1) is 8.41. The number of sulfonamides is 1. The lowest BCUT2D eigenvalue weighted by Crippen LogP contribution is -2.41. The molecule has 2 N–H and O–H groups in total. The smallest absolute Gasteiger partial charge is 0.245 e. The molecule has 1 heterocycles. The minimum absolute atomic E-state index is 0.101. The number of hydrogen-bond donors (Lipinski definition) is 1. The van der Waals surface area contributed by atoms with E-state index in [1.54, 1.807) is 12.1 Å². The monoisotopic (exact) mass is 352 g/mol. The summed E-state index contributed by atoms with van der Waals surface area (Å²) in [6, 6.07) is 4.74. The molecule has 1 aromatic carbocycles. The number of nitrogens with zero attached hydrogens (tertiary/aromatic N) is 1. The Morgan fingerprint density at radius 1 is 1.28 bits per heavy atom. The van der Waals surface area contributed by atoms with E-state index in [4.69, 9.17) is 5.73 Å². The van der Waals surface area contributed by atoms with Crippen LogP contribution in [0.25, 0.3) is 0 Å². The Kier molecular flexibility index (Phi) is 4.10. The van der Waals surface area contributed by atoms with Crippen LogP contribution in [0.4, 0.5) is 5.69 Å². The molecule has 0 amide bonds. The fourth-order valence-electron chi connectivity index (χ4n) is 1.73. The molecule has 2 rings (SSSR count). The maximum Gasteiger partial charge on any atom is 0.245 e. The van der Waals surface area contributed by atoms with Gasteiger partial charge in [-0.1, -0.05) is 15.9 Å². The zero-order valence-corrected chi connectivity index (χ0v) is 12.7. The van der Waals surface area contributed by atoms with E-state index in [1.165, 1.54) is 10.4 Å². The molecule has 0 unspecified atom stereocenters. The van der Waals surface area contributed by atoms with Crippen molar-refractivity contribution in [1.82, 2.24) is 4.31 Å². The summed E-state index contributed by atoms with van der Waals surface area (Å²) in [7, 11) is -4.50. The molecule has 0 bridgehead atoms. The van der Waals surface area contributed by atoms with Gasteiger partial charge in [-0.2, -0.15) is 4.31 Å². The molecule has 0 aliphatic carbocycles. The summed E-state index contributed by atoms with van der Waals surface area (Å²) in [5.74, 6) is 0.764. The highest BCUT2D eigenvalue weighted by Crippen LogP contribution is 2.26. The molecule has 8 heteroatoms. The van der Waals surface area contributed by atoms with E-state index >= 15 is 0 Å². The van der Waals surface area contributed by atoms with Crippen LogP contribution in [0.3, 0.4) is 0 Å². The van der Waals surface area contributed by atoms with Gasteiger partial charge in [0.2, 0.25) is 10.0 Å². The number of hydrogen-bond acceptors (Lipinski definition) is 4. The first-order valence-corrected chi connectivity index (χ1v) is 9.03. The fourth-order valence-corrected chi connectivity index (χ4v) is 5.11. The SMILES string of the molecule is Nc1ccc(Br)cc1S(=O)(=O)N1CCS(=O)CC1. The van der Waals surface area contributed by atoms with Gasteiger partial charge in [-0.05, 0) is 18.2 Å². The Hall–Kier alpha value is -0.440. The highest BCUT2D eigenvalue weighted by molar-refractivity contribution is 9.10. The molecule has 18 heavy (non-hydrogen) atoms. The number of halogens is 1. The van der Waals surface area contributed by atoms with Crippen LogP contribution in [0.15, 0.2) is 27.6 Å². The van der Waals surface area contributed by atoms with Crippen LogP contribution in [0.2, 0.25) is 0 Å². The molecule has 5 nitrogen and oxygen atoms in total. The Labute approximate surface area is 117 Å². The average Bonchev–Trinajstić information content (AvgIpc) is 2.32. The quantitative estimate of drug-likeness (QED) is 0.797. The van der Waals surface area contributed by atoms with E-state index in [1.807, 2.05) is 0 Å². The van der Waals surface area contributed by atoms with E-state index < -0.39 is 20.8 Å². The summed E-state index contributed by atoms with van der Waals surface area (Å²) in [6.45, 7) is 0.557. The Morgan fingerprint density at radius 3 is 2.50 bits per heavy atom. The summed E-state index contributed by atoms with van der Waals surface area (Å²) in [6.07, 6.45) is 0. The van der Waals surface area contributed by atoms with Gasteiger partial charge in [-0.3, -0.25) is 4.21 Å². The van der Waals surface area contributed by atoms with Gasteiger partial charge in [0.05, 0.1) is 5.69 Å². The third kappa shape index (κ3) is 2.76. The lowest BCUT2D eigenvalue weighted by atomic mass is 10.3. The van der Waals surface area contributed by atoms with Gasteiger partial charge in [0.1, 0.15) is 4.90 Å². The van der Waals surface area contributed by atoms with Crippen LogP contribution in [0.5, 0.6) is 0 Å².